The molecule has 1 aromatic heterocycles. The Morgan fingerprint density at radius 3 is 2.63 bits per heavy atom. The molecule has 3 aliphatic rings. The Morgan fingerprint density at radius 2 is 1.96 bits per heavy atom. The molecule has 1 saturated carbocycles. The van der Waals surface area contributed by atoms with Crippen LogP contribution in [0.5, 0.6) is 0 Å². The maximum Gasteiger partial charge on any atom is 0.257 e. The summed E-state index contributed by atoms with van der Waals surface area (Å²) < 4.78 is 7.28. The molecule has 0 bridgehead atoms. The van der Waals surface area contributed by atoms with E-state index < -0.39 is 0 Å². The average Bonchev–Trinajstić information content (AvgIpc) is 3.57. The lowest BCUT2D eigenvalue weighted by molar-refractivity contribution is -0.120. The first-order valence-corrected chi connectivity index (χ1v) is 19.1. The molecule has 52 heavy (non-hydrogen) atoms. The molecule has 284 valence electrons. The highest BCUT2D eigenvalue weighted by atomic mass is 35.5. The summed E-state index contributed by atoms with van der Waals surface area (Å²) in [5.41, 5.74) is 4.44. The molecule has 13 heteroatoms. The number of dihydropyridines is 1. The minimum atomic E-state index is -0.236. The number of carbonyl (C=O) groups excluding carboxylic acids is 2. The molecule has 1 aromatic rings. The normalized spacial score (nSPS) is 24.4. The van der Waals surface area contributed by atoms with Gasteiger partial charge in [0.15, 0.2) is 0 Å². The first kappa shape index (κ1) is 41.2. The lowest BCUT2D eigenvalue weighted by atomic mass is 9.73. The van der Waals surface area contributed by atoms with E-state index in [0.717, 1.165) is 54.4 Å². The minimum Gasteiger partial charge on any atom is -0.481 e. The van der Waals surface area contributed by atoms with Crippen molar-refractivity contribution in [2.75, 3.05) is 33.8 Å². The maximum absolute atomic E-state index is 13.2. The van der Waals surface area contributed by atoms with Crippen LogP contribution in [0, 0.1) is 11.8 Å². The Balaban J connectivity index is 1.48. The van der Waals surface area contributed by atoms with Gasteiger partial charge in [0.1, 0.15) is 5.82 Å². The molecule has 5 atom stereocenters. The van der Waals surface area contributed by atoms with Crippen molar-refractivity contribution in [3.63, 3.8) is 0 Å². The zero-order chi connectivity index (χ0) is 37.8. The van der Waals surface area contributed by atoms with Crippen LogP contribution in [0.15, 0.2) is 68.1 Å². The summed E-state index contributed by atoms with van der Waals surface area (Å²) in [5, 5.41) is 12.6. The van der Waals surface area contributed by atoms with E-state index in [-0.39, 0.29) is 46.7 Å². The van der Waals surface area contributed by atoms with Crippen LogP contribution in [0.25, 0.3) is 6.08 Å². The predicted molar refractivity (Wildman–Crippen MR) is 210 cm³/mol. The highest BCUT2D eigenvalue weighted by Gasteiger charge is 2.37. The fourth-order valence-corrected chi connectivity index (χ4v) is 8.10. The van der Waals surface area contributed by atoms with Gasteiger partial charge in [-0.3, -0.25) is 19.0 Å². The molecule has 11 nitrogen and oxygen atoms in total. The fourth-order valence-electron chi connectivity index (χ4n) is 7.22. The van der Waals surface area contributed by atoms with Crippen molar-refractivity contribution < 1.29 is 14.3 Å². The van der Waals surface area contributed by atoms with Gasteiger partial charge in [-0.1, -0.05) is 55.3 Å². The largest absolute Gasteiger partial charge is 0.481 e. The van der Waals surface area contributed by atoms with Gasteiger partial charge in [-0.15, -0.1) is 11.6 Å². The van der Waals surface area contributed by atoms with Gasteiger partial charge in [0.2, 0.25) is 17.7 Å². The first-order chi connectivity index (χ1) is 25.0. The van der Waals surface area contributed by atoms with Gasteiger partial charge in [0.25, 0.3) is 5.56 Å². The summed E-state index contributed by atoms with van der Waals surface area (Å²) in [4.78, 5) is 45.8. The summed E-state index contributed by atoms with van der Waals surface area (Å²) in [7, 11) is 4.97. The maximum atomic E-state index is 13.2. The number of aliphatic imine (C=N–C) groups is 1. The number of hydrogen-bond donors (Lipinski definition) is 4. The molecule has 4 N–H and O–H groups in total. The monoisotopic (exact) mass is 755 g/mol. The van der Waals surface area contributed by atoms with Gasteiger partial charge < -0.3 is 26.0 Å². The Labute approximate surface area is 318 Å². The summed E-state index contributed by atoms with van der Waals surface area (Å²) in [6.07, 6.45) is 15.5. The van der Waals surface area contributed by atoms with E-state index in [2.05, 4.69) is 45.8 Å². The Morgan fingerprint density at radius 1 is 1.19 bits per heavy atom. The average molecular weight is 757 g/mol. The molecular formula is C39H55Cl2N7O4. The molecule has 3 unspecified atom stereocenters. The van der Waals surface area contributed by atoms with Gasteiger partial charge in [0.05, 0.1) is 13.2 Å². The topological polar surface area (TPSA) is 139 Å². The van der Waals surface area contributed by atoms with Crippen LogP contribution >= 0.6 is 23.2 Å². The highest BCUT2D eigenvalue weighted by molar-refractivity contribution is 6.32. The van der Waals surface area contributed by atoms with Gasteiger partial charge >= 0.3 is 0 Å². The highest BCUT2D eigenvalue weighted by Crippen LogP contribution is 2.45. The second kappa shape index (κ2) is 20.1. The SMILES string of the molecule is C=C/C=C(\C(Cl)=C(/C)[C@@H]1CC=C(CNCC2CCC(=O)N2)C(OC)=N1)C1CCC[C@H](/C(=C/c2ncc(CNCCC(=O)NC)c(=O)n2C)CC)C1Cl. The van der Waals surface area contributed by atoms with Crippen molar-refractivity contribution in [2.24, 2.45) is 23.9 Å². The van der Waals surface area contributed by atoms with Crippen LogP contribution in [0.2, 0.25) is 0 Å². The number of ether oxygens (including phenoxy) is 1. The molecule has 2 fully saturated rings. The van der Waals surface area contributed by atoms with Crippen LogP contribution in [-0.4, -0.2) is 78.5 Å². The van der Waals surface area contributed by atoms with Crippen molar-refractivity contribution in [2.45, 2.75) is 89.2 Å². The minimum absolute atomic E-state index is 0.0170. The summed E-state index contributed by atoms with van der Waals surface area (Å²) >= 11 is 14.7. The van der Waals surface area contributed by atoms with E-state index in [4.69, 9.17) is 32.9 Å². The van der Waals surface area contributed by atoms with E-state index in [1.54, 1.807) is 38.0 Å². The third-order valence-electron chi connectivity index (χ3n) is 10.3. The van der Waals surface area contributed by atoms with Gasteiger partial charge in [-0.25, -0.2) is 9.98 Å². The number of aromatic nitrogens is 2. The molecular weight excluding hydrogens is 701 g/mol. The number of nitrogens with one attached hydrogen (secondary N) is 4. The molecule has 0 radical (unpaired) electrons. The number of amides is 2. The number of hydrogen-bond acceptors (Lipinski definition) is 8. The van der Waals surface area contributed by atoms with Gasteiger partial charge in [-0.05, 0) is 62.2 Å². The predicted octanol–water partition coefficient (Wildman–Crippen LogP) is 5.06. The Kier molecular flexibility index (Phi) is 15.9. The molecule has 0 spiro atoms. The molecule has 2 aliphatic heterocycles. The van der Waals surface area contributed by atoms with E-state index >= 15 is 0 Å². The molecule has 0 aromatic carbocycles. The zero-order valence-corrected chi connectivity index (χ0v) is 32.7. The number of methoxy groups -OCH3 is 1. The lowest BCUT2D eigenvalue weighted by Crippen LogP contribution is -2.37. The number of halogens is 2. The van der Waals surface area contributed by atoms with Crippen LogP contribution in [-0.2, 0) is 27.9 Å². The van der Waals surface area contributed by atoms with Crippen LogP contribution in [0.1, 0.15) is 76.6 Å². The quantitative estimate of drug-likeness (QED) is 0.105. The molecule has 1 saturated heterocycles. The number of allylic oxidation sites excluding steroid dienone is 5. The molecule has 3 heterocycles. The third kappa shape index (κ3) is 10.6. The summed E-state index contributed by atoms with van der Waals surface area (Å²) in [6, 6.07) is -0.0342. The van der Waals surface area contributed by atoms with Crippen molar-refractivity contribution in [1.82, 2.24) is 30.8 Å². The number of carbonyl (C=O) groups is 2. The van der Waals surface area contributed by atoms with E-state index in [1.165, 1.54) is 0 Å². The van der Waals surface area contributed by atoms with Crippen molar-refractivity contribution in [3.05, 3.63) is 80.1 Å². The summed E-state index contributed by atoms with van der Waals surface area (Å²) in [6.45, 7) is 10.2. The Bertz CT molecular complexity index is 1680. The van der Waals surface area contributed by atoms with E-state index in [0.29, 0.717) is 67.8 Å². The second-order valence-corrected chi connectivity index (χ2v) is 14.6. The van der Waals surface area contributed by atoms with Crippen molar-refractivity contribution >= 4 is 47.0 Å². The van der Waals surface area contributed by atoms with E-state index in [9.17, 15) is 14.4 Å². The summed E-state index contributed by atoms with van der Waals surface area (Å²) in [5.74, 6) is 1.25. The van der Waals surface area contributed by atoms with Crippen LogP contribution in [0.3, 0.4) is 0 Å². The molecule has 2 amide bonds. The third-order valence-corrected chi connectivity index (χ3v) is 11.4. The van der Waals surface area contributed by atoms with Crippen LogP contribution < -0.4 is 26.8 Å². The van der Waals surface area contributed by atoms with Gasteiger partial charge in [0, 0.05) is 92.8 Å². The van der Waals surface area contributed by atoms with Gasteiger partial charge in [-0.2, -0.15) is 0 Å². The van der Waals surface area contributed by atoms with Crippen LogP contribution in [0.4, 0.5) is 0 Å². The number of alkyl halides is 1. The number of nitrogens with zero attached hydrogens (tertiary/aromatic N) is 3. The van der Waals surface area contributed by atoms with Crippen molar-refractivity contribution in [3.8, 4) is 0 Å². The molecule has 4 rings (SSSR count). The molecule has 1 aliphatic carbocycles. The smallest absolute Gasteiger partial charge is 0.257 e. The first-order valence-electron chi connectivity index (χ1n) is 18.3. The zero-order valence-electron chi connectivity index (χ0n) is 31.2. The lowest BCUT2D eigenvalue weighted by Gasteiger charge is -2.37. The standard InChI is InChI=1S/C39H55Cl2N7O4/c1-7-10-30(36(40)24(3)32-15-13-26(38(47-32)52-6)20-44-23-28-14-16-35(50)46-28)31-12-9-11-29(37(31)41)25(8-2)19-33-45-22-27(39(51)48(33)5)21-43-18-17-34(49)42-4/h7,10,13,19,22,28-29,31-32,37,43-44H,1,8-9,11-12,14-18,20-21,23H2,2-6H3,(H,42,49)(H,46,50)/b25-19+,30-10-,36-24-/t28?,29-,31?,32+,37?/m1/s1. The number of rotatable bonds is 16. The fraction of sp³-hybridized carbons (Fsp3) is 0.564. The van der Waals surface area contributed by atoms with E-state index in [1.807, 2.05) is 19.1 Å². The second-order valence-electron chi connectivity index (χ2n) is 13.7. The Hall–Kier alpha value is -3.51. The van der Waals surface area contributed by atoms with Crippen molar-refractivity contribution in [1.29, 1.82) is 0 Å².